The zero-order valence-electron chi connectivity index (χ0n) is 14.4. The Labute approximate surface area is 148 Å². The summed E-state index contributed by atoms with van der Waals surface area (Å²) < 4.78 is 2.03. The third-order valence-electron chi connectivity index (χ3n) is 4.99. The minimum Gasteiger partial charge on any atom is -0.348 e. The second kappa shape index (κ2) is 7.19. The second-order valence-electron chi connectivity index (χ2n) is 6.64. The number of nitrogens with zero attached hydrogens (tertiary/aromatic N) is 4. The molecule has 1 aliphatic carbocycles. The predicted molar refractivity (Wildman–Crippen MR) is 99.7 cm³/mol. The van der Waals surface area contributed by atoms with Crippen molar-refractivity contribution in [2.24, 2.45) is 5.92 Å². The number of anilines is 1. The van der Waals surface area contributed by atoms with Gasteiger partial charge >= 0.3 is 0 Å². The molecule has 1 saturated heterocycles. The molecule has 2 unspecified atom stereocenters. The molecule has 0 bridgehead atoms. The van der Waals surface area contributed by atoms with Gasteiger partial charge in [0.15, 0.2) is 0 Å². The van der Waals surface area contributed by atoms with E-state index in [4.69, 9.17) is 4.98 Å². The van der Waals surface area contributed by atoms with Crippen LogP contribution in [0.1, 0.15) is 30.7 Å². The van der Waals surface area contributed by atoms with E-state index in [9.17, 15) is 0 Å². The SMILES string of the molecule is C=CC(Nc1nccc(-n2cnc3c2C=CCC3)n1)C1CCCNC1. The number of aryl methyl sites for hydroxylation is 1. The molecule has 0 radical (unpaired) electrons. The van der Waals surface area contributed by atoms with E-state index in [1.54, 1.807) is 6.20 Å². The lowest BCUT2D eigenvalue weighted by atomic mass is 9.92. The van der Waals surface area contributed by atoms with Crippen LogP contribution in [0.15, 0.2) is 37.3 Å². The number of hydrogen-bond acceptors (Lipinski definition) is 5. The van der Waals surface area contributed by atoms with Crippen molar-refractivity contribution in [2.75, 3.05) is 18.4 Å². The lowest BCUT2D eigenvalue weighted by molar-refractivity contribution is 0.361. The molecule has 2 N–H and O–H groups in total. The third-order valence-corrected chi connectivity index (χ3v) is 4.99. The maximum Gasteiger partial charge on any atom is 0.225 e. The van der Waals surface area contributed by atoms with Crippen LogP contribution in [-0.4, -0.2) is 38.7 Å². The average Bonchev–Trinajstić information content (AvgIpc) is 3.11. The molecule has 2 aromatic rings. The molecule has 25 heavy (non-hydrogen) atoms. The van der Waals surface area contributed by atoms with Gasteiger partial charge in [0.05, 0.1) is 17.4 Å². The molecule has 1 fully saturated rings. The summed E-state index contributed by atoms with van der Waals surface area (Å²) in [6, 6.07) is 2.08. The van der Waals surface area contributed by atoms with E-state index in [0.29, 0.717) is 11.9 Å². The van der Waals surface area contributed by atoms with Gasteiger partial charge in [-0.15, -0.1) is 6.58 Å². The van der Waals surface area contributed by atoms with Gasteiger partial charge < -0.3 is 10.6 Å². The highest BCUT2D eigenvalue weighted by Crippen LogP contribution is 2.22. The summed E-state index contributed by atoms with van der Waals surface area (Å²) in [4.78, 5) is 13.6. The third kappa shape index (κ3) is 3.35. The fourth-order valence-electron chi connectivity index (χ4n) is 3.62. The van der Waals surface area contributed by atoms with Crippen molar-refractivity contribution in [3.63, 3.8) is 0 Å². The quantitative estimate of drug-likeness (QED) is 0.822. The molecule has 4 rings (SSSR count). The van der Waals surface area contributed by atoms with Crippen LogP contribution < -0.4 is 10.6 Å². The lowest BCUT2D eigenvalue weighted by Crippen LogP contribution is -2.39. The van der Waals surface area contributed by atoms with Crippen LogP contribution in [0.2, 0.25) is 0 Å². The molecule has 0 aromatic carbocycles. The molecule has 1 aliphatic heterocycles. The van der Waals surface area contributed by atoms with E-state index in [2.05, 4.69) is 39.3 Å². The summed E-state index contributed by atoms with van der Waals surface area (Å²) in [6.07, 6.45) is 14.4. The zero-order valence-corrected chi connectivity index (χ0v) is 14.4. The molecular weight excluding hydrogens is 312 g/mol. The van der Waals surface area contributed by atoms with E-state index in [0.717, 1.165) is 43.1 Å². The summed E-state index contributed by atoms with van der Waals surface area (Å²) in [7, 11) is 0. The monoisotopic (exact) mass is 336 g/mol. The first-order chi connectivity index (χ1) is 12.3. The van der Waals surface area contributed by atoms with Gasteiger partial charge in [-0.1, -0.05) is 12.2 Å². The number of nitrogens with one attached hydrogen (secondary N) is 2. The van der Waals surface area contributed by atoms with Crippen LogP contribution in [0.4, 0.5) is 5.95 Å². The number of fused-ring (bicyclic) bond motifs is 1. The van der Waals surface area contributed by atoms with E-state index in [1.807, 2.05) is 23.0 Å². The minimum absolute atomic E-state index is 0.166. The first-order valence-corrected chi connectivity index (χ1v) is 9.01. The Morgan fingerprint density at radius 1 is 1.40 bits per heavy atom. The highest BCUT2D eigenvalue weighted by molar-refractivity contribution is 5.53. The van der Waals surface area contributed by atoms with Crippen LogP contribution in [0.5, 0.6) is 0 Å². The van der Waals surface area contributed by atoms with Crippen LogP contribution in [-0.2, 0) is 6.42 Å². The Morgan fingerprint density at radius 3 is 3.20 bits per heavy atom. The number of piperidine rings is 1. The Kier molecular flexibility index (Phi) is 4.61. The first-order valence-electron chi connectivity index (χ1n) is 9.01. The van der Waals surface area contributed by atoms with Gasteiger partial charge in [0.2, 0.25) is 5.95 Å². The average molecular weight is 336 g/mol. The van der Waals surface area contributed by atoms with Crippen molar-refractivity contribution >= 4 is 12.0 Å². The molecular formula is C19H24N6. The van der Waals surface area contributed by atoms with Gasteiger partial charge in [-0.05, 0) is 50.3 Å². The molecule has 2 atom stereocenters. The summed E-state index contributed by atoms with van der Waals surface area (Å²) in [5.74, 6) is 1.99. The molecule has 0 amide bonds. The van der Waals surface area contributed by atoms with E-state index in [1.165, 1.54) is 12.8 Å². The lowest BCUT2D eigenvalue weighted by Gasteiger charge is -2.29. The van der Waals surface area contributed by atoms with Gasteiger partial charge in [-0.2, -0.15) is 4.98 Å². The first kappa shape index (κ1) is 16.0. The maximum absolute atomic E-state index is 4.70. The number of allylic oxidation sites excluding steroid dienone is 1. The van der Waals surface area contributed by atoms with Crippen LogP contribution in [0.3, 0.4) is 0 Å². The maximum atomic E-state index is 4.70. The molecule has 0 spiro atoms. The van der Waals surface area contributed by atoms with Crippen molar-refractivity contribution in [2.45, 2.75) is 31.7 Å². The number of aromatic nitrogens is 4. The topological polar surface area (TPSA) is 67.7 Å². The second-order valence-corrected chi connectivity index (χ2v) is 6.64. The van der Waals surface area contributed by atoms with E-state index in [-0.39, 0.29) is 6.04 Å². The Bertz CT molecular complexity index is 772. The molecule has 2 aliphatic rings. The fraction of sp³-hybridized carbons (Fsp3) is 0.421. The molecule has 3 heterocycles. The smallest absolute Gasteiger partial charge is 0.225 e. The number of hydrogen-bond donors (Lipinski definition) is 2. The van der Waals surface area contributed by atoms with Gasteiger partial charge in [0.25, 0.3) is 0 Å². The van der Waals surface area contributed by atoms with Gasteiger partial charge in [0, 0.05) is 12.7 Å². The van der Waals surface area contributed by atoms with Crippen LogP contribution in [0, 0.1) is 5.92 Å². The van der Waals surface area contributed by atoms with E-state index >= 15 is 0 Å². The largest absolute Gasteiger partial charge is 0.348 e. The Balaban J connectivity index is 1.56. The zero-order chi connectivity index (χ0) is 17.1. The summed E-state index contributed by atoms with van der Waals surface area (Å²) >= 11 is 0. The van der Waals surface area contributed by atoms with Crippen molar-refractivity contribution < 1.29 is 0 Å². The Hall–Kier alpha value is -2.47. The minimum atomic E-state index is 0.166. The normalized spacial score (nSPS) is 20.7. The predicted octanol–water partition coefficient (Wildman–Crippen LogP) is 2.59. The molecule has 0 saturated carbocycles. The van der Waals surface area contributed by atoms with Crippen molar-refractivity contribution in [1.82, 2.24) is 24.8 Å². The fourth-order valence-corrected chi connectivity index (χ4v) is 3.62. The summed E-state index contributed by atoms with van der Waals surface area (Å²) in [5.41, 5.74) is 2.25. The van der Waals surface area contributed by atoms with Crippen LogP contribution in [0.25, 0.3) is 11.9 Å². The van der Waals surface area contributed by atoms with Gasteiger partial charge in [-0.25, -0.2) is 9.97 Å². The highest BCUT2D eigenvalue weighted by Gasteiger charge is 2.22. The van der Waals surface area contributed by atoms with Crippen molar-refractivity contribution in [3.05, 3.63) is 48.7 Å². The van der Waals surface area contributed by atoms with Gasteiger partial charge in [-0.3, -0.25) is 4.57 Å². The standard InChI is InChI=1S/C19H24N6/c1-2-15(14-6-5-10-20-12-14)23-19-21-11-9-18(24-19)25-13-22-16-7-3-4-8-17(16)25/h2,4,8-9,11,13-15,20H,1,3,5-7,10,12H2,(H,21,23,24). The number of imidazole rings is 1. The van der Waals surface area contributed by atoms with Gasteiger partial charge in [0.1, 0.15) is 12.1 Å². The van der Waals surface area contributed by atoms with Crippen molar-refractivity contribution in [1.29, 1.82) is 0 Å². The summed E-state index contributed by atoms with van der Waals surface area (Å²) in [6.45, 7) is 6.10. The molecule has 6 heteroatoms. The Morgan fingerprint density at radius 2 is 2.36 bits per heavy atom. The van der Waals surface area contributed by atoms with Crippen molar-refractivity contribution in [3.8, 4) is 5.82 Å². The molecule has 6 nitrogen and oxygen atoms in total. The van der Waals surface area contributed by atoms with E-state index < -0.39 is 0 Å². The summed E-state index contributed by atoms with van der Waals surface area (Å²) in [5, 5.41) is 6.90. The van der Waals surface area contributed by atoms with Crippen LogP contribution >= 0.6 is 0 Å². The molecule has 130 valence electrons. The highest BCUT2D eigenvalue weighted by atomic mass is 15.2. The number of rotatable bonds is 5. The molecule has 2 aromatic heterocycles.